The van der Waals surface area contributed by atoms with Crippen LogP contribution in [0.3, 0.4) is 0 Å². The van der Waals surface area contributed by atoms with Crippen LogP contribution in [0.4, 0.5) is 10.1 Å². The van der Waals surface area contributed by atoms with Gasteiger partial charge in [0.25, 0.3) is 0 Å². The molecule has 0 amide bonds. The normalized spacial score (nSPS) is 12.3. The van der Waals surface area contributed by atoms with Crippen LogP contribution in [0.15, 0.2) is 18.2 Å². The van der Waals surface area contributed by atoms with Gasteiger partial charge >= 0.3 is 0 Å². The van der Waals surface area contributed by atoms with Crippen molar-refractivity contribution in [2.75, 3.05) is 18.5 Å². The molecule has 1 unspecified atom stereocenters. The number of nitriles is 1. The van der Waals surface area contributed by atoms with Crippen molar-refractivity contribution < 1.29 is 4.39 Å². The minimum absolute atomic E-state index is 0.136. The SMILES string of the molecule is CC(C)C(N)CCN(C)c1cc(F)cc(C#N)c1. The van der Waals surface area contributed by atoms with Gasteiger partial charge in [0.1, 0.15) is 5.82 Å². The van der Waals surface area contributed by atoms with Gasteiger partial charge in [-0.3, -0.25) is 0 Å². The molecule has 2 N–H and O–H groups in total. The van der Waals surface area contributed by atoms with Gasteiger partial charge in [-0.1, -0.05) is 13.8 Å². The fourth-order valence-electron chi connectivity index (χ4n) is 1.66. The molecule has 1 rings (SSSR count). The summed E-state index contributed by atoms with van der Waals surface area (Å²) in [5.41, 5.74) is 7.02. The number of rotatable bonds is 5. The van der Waals surface area contributed by atoms with E-state index < -0.39 is 0 Å². The van der Waals surface area contributed by atoms with E-state index in [4.69, 9.17) is 11.0 Å². The first-order valence-electron chi connectivity index (χ1n) is 6.11. The minimum atomic E-state index is -0.385. The minimum Gasteiger partial charge on any atom is -0.374 e. The van der Waals surface area contributed by atoms with Crippen LogP contribution in [0.5, 0.6) is 0 Å². The Morgan fingerprint density at radius 2 is 2.06 bits per heavy atom. The topological polar surface area (TPSA) is 53.0 Å². The summed E-state index contributed by atoms with van der Waals surface area (Å²) in [6.45, 7) is 4.91. The first kappa shape index (κ1) is 14.5. The van der Waals surface area contributed by atoms with Gasteiger partial charge in [0.15, 0.2) is 0 Å². The Bertz CT molecular complexity index is 437. The van der Waals surface area contributed by atoms with Crippen molar-refractivity contribution in [3.8, 4) is 6.07 Å². The van der Waals surface area contributed by atoms with E-state index in [0.717, 1.165) is 13.0 Å². The number of nitrogens with two attached hydrogens (primary N) is 1. The lowest BCUT2D eigenvalue weighted by Crippen LogP contribution is -2.31. The Labute approximate surface area is 108 Å². The van der Waals surface area contributed by atoms with Crippen LogP contribution in [0.25, 0.3) is 0 Å². The molecular weight excluding hydrogens is 229 g/mol. The van der Waals surface area contributed by atoms with Gasteiger partial charge in [0.05, 0.1) is 11.6 Å². The summed E-state index contributed by atoms with van der Waals surface area (Å²) in [5.74, 6) is 0.0460. The number of benzene rings is 1. The Morgan fingerprint density at radius 3 is 2.61 bits per heavy atom. The van der Waals surface area contributed by atoms with E-state index in [9.17, 15) is 4.39 Å². The summed E-state index contributed by atoms with van der Waals surface area (Å²) < 4.78 is 13.3. The second-order valence-electron chi connectivity index (χ2n) is 4.93. The van der Waals surface area contributed by atoms with Gasteiger partial charge in [-0.05, 0) is 30.5 Å². The summed E-state index contributed by atoms with van der Waals surface area (Å²) in [4.78, 5) is 1.92. The molecule has 0 saturated heterocycles. The van der Waals surface area contributed by atoms with Gasteiger partial charge < -0.3 is 10.6 Å². The van der Waals surface area contributed by atoms with Gasteiger partial charge in [0, 0.05) is 25.3 Å². The molecule has 4 heteroatoms. The van der Waals surface area contributed by atoms with E-state index in [2.05, 4.69) is 13.8 Å². The summed E-state index contributed by atoms with van der Waals surface area (Å²) >= 11 is 0. The molecule has 0 radical (unpaired) electrons. The molecular formula is C14H20FN3. The van der Waals surface area contributed by atoms with Crippen molar-refractivity contribution in [2.24, 2.45) is 11.7 Å². The second kappa shape index (κ2) is 6.36. The predicted molar refractivity (Wildman–Crippen MR) is 71.8 cm³/mol. The molecule has 3 nitrogen and oxygen atoms in total. The molecule has 1 aromatic carbocycles. The van der Waals surface area contributed by atoms with E-state index in [-0.39, 0.29) is 11.9 Å². The maximum atomic E-state index is 13.3. The van der Waals surface area contributed by atoms with Crippen molar-refractivity contribution >= 4 is 5.69 Å². The average molecular weight is 249 g/mol. The van der Waals surface area contributed by atoms with Crippen molar-refractivity contribution in [3.63, 3.8) is 0 Å². The third kappa shape index (κ3) is 4.01. The maximum absolute atomic E-state index is 13.3. The van der Waals surface area contributed by atoms with Gasteiger partial charge in [-0.15, -0.1) is 0 Å². The van der Waals surface area contributed by atoms with Crippen LogP contribution in [0.1, 0.15) is 25.8 Å². The molecule has 0 bridgehead atoms. The zero-order valence-electron chi connectivity index (χ0n) is 11.2. The van der Waals surface area contributed by atoms with Crippen molar-refractivity contribution in [1.82, 2.24) is 0 Å². The third-order valence-corrected chi connectivity index (χ3v) is 3.11. The van der Waals surface area contributed by atoms with Gasteiger partial charge in [-0.25, -0.2) is 4.39 Å². The summed E-state index contributed by atoms with van der Waals surface area (Å²) in [6.07, 6.45) is 0.840. The molecule has 0 spiro atoms. The van der Waals surface area contributed by atoms with Crippen molar-refractivity contribution in [3.05, 3.63) is 29.6 Å². The number of hydrogen-bond donors (Lipinski definition) is 1. The van der Waals surface area contributed by atoms with E-state index >= 15 is 0 Å². The van der Waals surface area contributed by atoms with E-state index in [1.807, 2.05) is 18.0 Å². The molecule has 1 aromatic rings. The zero-order chi connectivity index (χ0) is 13.7. The second-order valence-corrected chi connectivity index (χ2v) is 4.93. The van der Waals surface area contributed by atoms with Gasteiger partial charge in [0.2, 0.25) is 0 Å². The Balaban J connectivity index is 2.70. The standard InChI is InChI=1S/C14H20FN3/c1-10(2)14(17)4-5-18(3)13-7-11(9-16)6-12(15)8-13/h6-8,10,14H,4-5,17H2,1-3H3. The Kier molecular flexibility index (Phi) is 5.11. The fourth-order valence-corrected chi connectivity index (χ4v) is 1.66. The van der Waals surface area contributed by atoms with E-state index in [1.54, 1.807) is 6.07 Å². The lowest BCUT2D eigenvalue weighted by molar-refractivity contribution is 0.466. The van der Waals surface area contributed by atoms with Crippen molar-refractivity contribution in [2.45, 2.75) is 26.3 Å². The van der Waals surface area contributed by atoms with Gasteiger partial charge in [-0.2, -0.15) is 5.26 Å². The first-order chi connectivity index (χ1) is 8.43. The van der Waals surface area contributed by atoms with Crippen LogP contribution in [0, 0.1) is 23.1 Å². The average Bonchev–Trinajstić information content (AvgIpc) is 2.34. The predicted octanol–water partition coefficient (Wildman–Crippen LogP) is 2.51. The summed E-state index contributed by atoms with van der Waals surface area (Å²) in [5, 5.41) is 8.80. The molecule has 0 aliphatic carbocycles. The van der Waals surface area contributed by atoms with Crippen LogP contribution in [-0.4, -0.2) is 19.6 Å². The molecule has 0 aromatic heterocycles. The molecule has 1 atom stereocenters. The quantitative estimate of drug-likeness (QED) is 0.872. The molecule has 0 aliphatic heterocycles. The molecule has 18 heavy (non-hydrogen) atoms. The molecule has 0 fully saturated rings. The van der Waals surface area contributed by atoms with Crippen LogP contribution in [0.2, 0.25) is 0 Å². The van der Waals surface area contributed by atoms with E-state index in [0.29, 0.717) is 17.2 Å². The Hall–Kier alpha value is -1.60. The van der Waals surface area contributed by atoms with E-state index in [1.165, 1.54) is 12.1 Å². The first-order valence-corrected chi connectivity index (χ1v) is 6.11. The Morgan fingerprint density at radius 1 is 1.39 bits per heavy atom. The zero-order valence-corrected chi connectivity index (χ0v) is 11.2. The monoisotopic (exact) mass is 249 g/mol. The summed E-state index contributed by atoms with van der Waals surface area (Å²) in [7, 11) is 1.88. The largest absolute Gasteiger partial charge is 0.374 e. The highest BCUT2D eigenvalue weighted by atomic mass is 19.1. The highest BCUT2D eigenvalue weighted by Crippen LogP contribution is 2.18. The number of hydrogen-bond acceptors (Lipinski definition) is 3. The lowest BCUT2D eigenvalue weighted by Gasteiger charge is -2.23. The summed E-state index contributed by atoms with van der Waals surface area (Å²) in [6, 6.07) is 6.44. The molecule has 0 saturated carbocycles. The molecule has 98 valence electrons. The van der Waals surface area contributed by atoms with Crippen molar-refractivity contribution in [1.29, 1.82) is 5.26 Å². The fraction of sp³-hybridized carbons (Fsp3) is 0.500. The highest BCUT2D eigenvalue weighted by Gasteiger charge is 2.10. The van der Waals surface area contributed by atoms with Crippen LogP contribution < -0.4 is 10.6 Å². The third-order valence-electron chi connectivity index (χ3n) is 3.11. The van der Waals surface area contributed by atoms with Crippen LogP contribution in [-0.2, 0) is 0 Å². The lowest BCUT2D eigenvalue weighted by atomic mass is 10.0. The maximum Gasteiger partial charge on any atom is 0.126 e. The van der Waals surface area contributed by atoms with Crippen LogP contribution >= 0.6 is 0 Å². The smallest absolute Gasteiger partial charge is 0.126 e. The number of anilines is 1. The molecule has 0 heterocycles. The molecule has 0 aliphatic rings. The number of nitrogens with zero attached hydrogens (tertiary/aromatic N) is 2. The number of halogens is 1. The highest BCUT2D eigenvalue weighted by molar-refractivity contribution is 5.51.